The van der Waals surface area contributed by atoms with Crippen molar-refractivity contribution >= 4 is 5.82 Å². The Morgan fingerprint density at radius 3 is 2.45 bits per heavy atom. The minimum Gasteiger partial charge on any atom is -0.491 e. The van der Waals surface area contributed by atoms with Gasteiger partial charge in [-0.05, 0) is 68.2 Å². The van der Waals surface area contributed by atoms with Gasteiger partial charge in [-0.3, -0.25) is 0 Å². The first-order chi connectivity index (χ1) is 13.7. The lowest BCUT2D eigenvalue weighted by molar-refractivity contribution is 0.239. The van der Waals surface area contributed by atoms with Crippen molar-refractivity contribution in [3.63, 3.8) is 0 Å². The summed E-state index contributed by atoms with van der Waals surface area (Å²) in [6.07, 6.45) is 5.63. The summed E-state index contributed by atoms with van der Waals surface area (Å²) in [5, 5.41) is 0. The van der Waals surface area contributed by atoms with E-state index in [1.54, 1.807) is 6.33 Å². The standard InChI is InChI=1S/C25H37N3O/c1-17(2)20-14-19(11-12-22(20)29-18(3)4)21-15-24(27-16-26-21)28-13-9-8-10-23(28)25(5,6)7/h11-12,14-18,23H,8-10,13H2,1-7H3. The molecule has 1 aromatic carbocycles. The number of benzene rings is 1. The van der Waals surface area contributed by atoms with Crippen molar-refractivity contribution in [3.8, 4) is 17.0 Å². The summed E-state index contributed by atoms with van der Waals surface area (Å²) in [7, 11) is 0. The Bertz CT molecular complexity index is 823. The molecule has 4 heteroatoms. The van der Waals surface area contributed by atoms with Gasteiger partial charge in [0.05, 0.1) is 11.8 Å². The van der Waals surface area contributed by atoms with Gasteiger partial charge in [-0.2, -0.15) is 0 Å². The summed E-state index contributed by atoms with van der Waals surface area (Å²) in [6, 6.07) is 9.10. The van der Waals surface area contributed by atoms with Crippen LogP contribution < -0.4 is 9.64 Å². The summed E-state index contributed by atoms with van der Waals surface area (Å²) in [4.78, 5) is 11.8. The minimum atomic E-state index is 0.164. The third-order valence-electron chi connectivity index (χ3n) is 5.74. The number of hydrogen-bond donors (Lipinski definition) is 0. The van der Waals surface area contributed by atoms with Gasteiger partial charge in [0.2, 0.25) is 0 Å². The summed E-state index contributed by atoms with van der Waals surface area (Å²) in [5.74, 6) is 2.40. The van der Waals surface area contributed by atoms with E-state index >= 15 is 0 Å². The van der Waals surface area contributed by atoms with Crippen molar-refractivity contribution in [3.05, 3.63) is 36.2 Å². The van der Waals surface area contributed by atoms with Crippen molar-refractivity contribution in [2.45, 2.75) is 85.8 Å². The molecule has 0 radical (unpaired) electrons. The Kier molecular flexibility index (Phi) is 6.50. The van der Waals surface area contributed by atoms with Crippen molar-refractivity contribution in [2.24, 2.45) is 5.41 Å². The van der Waals surface area contributed by atoms with E-state index in [0.29, 0.717) is 12.0 Å². The van der Waals surface area contributed by atoms with Crippen LogP contribution in [0.1, 0.15) is 79.2 Å². The fourth-order valence-electron chi connectivity index (χ4n) is 4.29. The number of piperidine rings is 1. The van der Waals surface area contributed by atoms with Crippen molar-refractivity contribution in [2.75, 3.05) is 11.4 Å². The van der Waals surface area contributed by atoms with Crippen LogP contribution in [0.4, 0.5) is 5.82 Å². The Labute approximate surface area is 176 Å². The van der Waals surface area contributed by atoms with E-state index in [2.05, 4.69) is 87.6 Å². The predicted molar refractivity (Wildman–Crippen MR) is 122 cm³/mol. The number of hydrogen-bond acceptors (Lipinski definition) is 4. The fourth-order valence-corrected chi connectivity index (χ4v) is 4.29. The quantitative estimate of drug-likeness (QED) is 0.582. The lowest BCUT2D eigenvalue weighted by atomic mass is 9.80. The molecular formula is C25H37N3O. The molecule has 2 heterocycles. The van der Waals surface area contributed by atoms with E-state index in [1.165, 1.54) is 24.8 Å². The van der Waals surface area contributed by atoms with Gasteiger partial charge in [0.25, 0.3) is 0 Å². The van der Waals surface area contributed by atoms with Gasteiger partial charge in [0.1, 0.15) is 17.9 Å². The Morgan fingerprint density at radius 2 is 1.79 bits per heavy atom. The van der Waals surface area contributed by atoms with E-state index in [4.69, 9.17) is 4.74 Å². The molecule has 1 fully saturated rings. The van der Waals surface area contributed by atoms with Crippen molar-refractivity contribution in [1.29, 1.82) is 0 Å². The van der Waals surface area contributed by atoms with E-state index < -0.39 is 0 Å². The van der Waals surface area contributed by atoms with E-state index in [0.717, 1.165) is 29.4 Å². The molecule has 0 spiro atoms. The second kappa shape index (κ2) is 8.73. The summed E-state index contributed by atoms with van der Waals surface area (Å²) < 4.78 is 6.03. The molecular weight excluding hydrogens is 358 g/mol. The Balaban J connectivity index is 1.96. The first kappa shape index (κ1) is 21.6. The summed E-state index contributed by atoms with van der Waals surface area (Å²) >= 11 is 0. The van der Waals surface area contributed by atoms with Gasteiger partial charge in [-0.1, -0.05) is 34.6 Å². The van der Waals surface area contributed by atoms with Crippen LogP contribution in [-0.2, 0) is 0 Å². The maximum atomic E-state index is 6.03. The van der Waals surface area contributed by atoms with Crippen LogP contribution in [0, 0.1) is 5.41 Å². The first-order valence-electron chi connectivity index (χ1n) is 11.1. The molecule has 2 aromatic rings. The monoisotopic (exact) mass is 395 g/mol. The summed E-state index contributed by atoms with van der Waals surface area (Å²) in [6.45, 7) is 16.6. The first-order valence-corrected chi connectivity index (χ1v) is 11.1. The number of rotatable bonds is 5. The number of ether oxygens (including phenoxy) is 1. The predicted octanol–water partition coefficient (Wildman–Crippen LogP) is 6.46. The van der Waals surface area contributed by atoms with E-state index in [1.807, 2.05) is 0 Å². The average molecular weight is 396 g/mol. The highest BCUT2D eigenvalue weighted by Gasteiger charge is 2.33. The van der Waals surface area contributed by atoms with E-state index in [9.17, 15) is 0 Å². The lowest BCUT2D eigenvalue weighted by Gasteiger charge is -2.44. The molecule has 0 amide bonds. The second-order valence-corrected chi connectivity index (χ2v) is 9.91. The SMILES string of the molecule is CC(C)Oc1ccc(-c2cc(N3CCCCC3C(C)(C)C)ncn2)cc1C(C)C. The molecule has 3 rings (SSSR count). The normalized spacial score (nSPS) is 17.8. The Morgan fingerprint density at radius 1 is 1.03 bits per heavy atom. The molecule has 4 nitrogen and oxygen atoms in total. The topological polar surface area (TPSA) is 38.2 Å². The smallest absolute Gasteiger partial charge is 0.132 e. The molecule has 158 valence electrons. The van der Waals surface area contributed by atoms with E-state index in [-0.39, 0.29) is 11.5 Å². The highest BCUT2D eigenvalue weighted by molar-refractivity contribution is 5.65. The molecule has 1 aliphatic rings. The maximum Gasteiger partial charge on any atom is 0.132 e. The van der Waals surface area contributed by atoms with Crippen LogP contribution in [0.2, 0.25) is 0 Å². The van der Waals surface area contributed by atoms with Gasteiger partial charge in [-0.15, -0.1) is 0 Å². The van der Waals surface area contributed by atoms with Crippen LogP contribution in [-0.4, -0.2) is 28.7 Å². The molecule has 1 unspecified atom stereocenters. The summed E-state index contributed by atoms with van der Waals surface area (Å²) in [5.41, 5.74) is 3.55. The fraction of sp³-hybridized carbons (Fsp3) is 0.600. The molecule has 0 aliphatic carbocycles. The van der Waals surface area contributed by atoms with Crippen LogP contribution >= 0.6 is 0 Å². The third-order valence-corrected chi connectivity index (χ3v) is 5.74. The molecule has 0 bridgehead atoms. The number of aromatic nitrogens is 2. The van der Waals surface area contributed by atoms with Crippen LogP contribution in [0.5, 0.6) is 5.75 Å². The number of nitrogens with zero attached hydrogens (tertiary/aromatic N) is 3. The largest absolute Gasteiger partial charge is 0.491 e. The third kappa shape index (κ3) is 5.09. The second-order valence-electron chi connectivity index (χ2n) is 9.91. The Hall–Kier alpha value is -2.10. The zero-order valence-corrected chi connectivity index (χ0v) is 19.2. The number of anilines is 1. The van der Waals surface area contributed by atoms with Crippen molar-refractivity contribution in [1.82, 2.24) is 9.97 Å². The van der Waals surface area contributed by atoms with Gasteiger partial charge < -0.3 is 9.64 Å². The highest BCUT2D eigenvalue weighted by atomic mass is 16.5. The molecule has 1 aliphatic heterocycles. The van der Waals surface area contributed by atoms with Gasteiger partial charge in [-0.25, -0.2) is 9.97 Å². The zero-order valence-electron chi connectivity index (χ0n) is 19.2. The van der Waals surface area contributed by atoms with Gasteiger partial charge >= 0.3 is 0 Å². The average Bonchev–Trinajstić information content (AvgIpc) is 2.67. The van der Waals surface area contributed by atoms with Crippen LogP contribution in [0.15, 0.2) is 30.6 Å². The maximum absolute atomic E-state index is 6.03. The highest BCUT2D eigenvalue weighted by Crippen LogP contribution is 2.36. The van der Waals surface area contributed by atoms with Crippen molar-refractivity contribution < 1.29 is 4.74 Å². The minimum absolute atomic E-state index is 0.164. The molecule has 0 N–H and O–H groups in total. The molecule has 29 heavy (non-hydrogen) atoms. The van der Waals surface area contributed by atoms with Gasteiger partial charge in [0.15, 0.2) is 0 Å². The van der Waals surface area contributed by atoms with Gasteiger partial charge in [0, 0.05) is 24.2 Å². The molecule has 0 saturated carbocycles. The zero-order chi connectivity index (χ0) is 21.2. The lowest BCUT2D eigenvalue weighted by Crippen LogP contribution is -2.47. The van der Waals surface area contributed by atoms with Crippen LogP contribution in [0.25, 0.3) is 11.3 Å². The van der Waals surface area contributed by atoms with Crippen LogP contribution in [0.3, 0.4) is 0 Å². The molecule has 1 saturated heterocycles. The molecule has 1 aromatic heterocycles. The molecule has 1 atom stereocenters.